The van der Waals surface area contributed by atoms with E-state index in [1.165, 1.54) is 7.11 Å². The maximum absolute atomic E-state index is 11.8. The molecule has 0 bridgehead atoms. The van der Waals surface area contributed by atoms with Gasteiger partial charge in [0.2, 0.25) is 0 Å². The third-order valence-corrected chi connectivity index (χ3v) is 2.47. The van der Waals surface area contributed by atoms with Gasteiger partial charge in [-0.05, 0) is 26.0 Å². The van der Waals surface area contributed by atoms with Crippen molar-refractivity contribution in [3.63, 3.8) is 0 Å². The lowest BCUT2D eigenvalue weighted by Crippen LogP contribution is -2.10. The van der Waals surface area contributed by atoms with Crippen molar-refractivity contribution in [1.29, 1.82) is 0 Å². The molecule has 5 nitrogen and oxygen atoms in total. The molecule has 0 atom stereocenters. The average molecular weight is 279 g/mol. The number of hydrogen-bond acceptors (Lipinski definition) is 5. The Bertz CT molecular complexity index is 457. The molecule has 20 heavy (non-hydrogen) atoms. The van der Waals surface area contributed by atoms with Crippen LogP contribution in [0, 0.1) is 0 Å². The highest BCUT2D eigenvalue weighted by Gasteiger charge is 2.14. The second-order valence-electron chi connectivity index (χ2n) is 3.93. The Labute approximate surface area is 119 Å². The zero-order valence-electron chi connectivity index (χ0n) is 12.1. The van der Waals surface area contributed by atoms with Crippen molar-refractivity contribution in [3.8, 4) is 5.75 Å². The molecule has 110 valence electrons. The monoisotopic (exact) mass is 279 g/mol. The Balaban J connectivity index is 2.90. The molecular weight excluding hydrogens is 258 g/mol. The van der Waals surface area contributed by atoms with Crippen LogP contribution in [0.25, 0.3) is 0 Å². The van der Waals surface area contributed by atoms with Gasteiger partial charge in [-0.3, -0.25) is 0 Å². The summed E-state index contributed by atoms with van der Waals surface area (Å²) in [6.45, 7) is 4.83. The number of rotatable bonds is 8. The largest absolute Gasteiger partial charge is 0.467 e. The van der Waals surface area contributed by atoms with Crippen molar-refractivity contribution in [1.82, 2.24) is 0 Å². The van der Waals surface area contributed by atoms with E-state index in [0.29, 0.717) is 24.5 Å². The lowest BCUT2D eigenvalue weighted by Gasteiger charge is -2.12. The summed E-state index contributed by atoms with van der Waals surface area (Å²) in [6.07, 6.45) is 3.96. The molecule has 0 heterocycles. The van der Waals surface area contributed by atoms with Crippen LogP contribution in [-0.2, 0) is 9.47 Å². The lowest BCUT2D eigenvalue weighted by atomic mass is 10.2. The predicted molar refractivity (Wildman–Crippen MR) is 78.2 cm³/mol. The average Bonchev–Trinajstić information content (AvgIpc) is 2.45. The fourth-order valence-electron chi connectivity index (χ4n) is 1.55. The summed E-state index contributed by atoms with van der Waals surface area (Å²) in [5, 5.41) is 3.20. The van der Waals surface area contributed by atoms with Crippen molar-refractivity contribution in [2.24, 2.45) is 0 Å². The highest BCUT2D eigenvalue weighted by molar-refractivity contribution is 5.93. The topological polar surface area (TPSA) is 56.8 Å². The molecule has 1 aromatic carbocycles. The number of esters is 1. The van der Waals surface area contributed by atoms with Crippen molar-refractivity contribution in [3.05, 3.63) is 35.9 Å². The first kappa shape index (κ1) is 16.0. The van der Waals surface area contributed by atoms with Crippen molar-refractivity contribution < 1.29 is 19.0 Å². The molecule has 0 aromatic heterocycles. The van der Waals surface area contributed by atoms with E-state index < -0.39 is 5.97 Å². The van der Waals surface area contributed by atoms with Crippen LogP contribution in [0.15, 0.2) is 30.4 Å². The van der Waals surface area contributed by atoms with Gasteiger partial charge in [-0.1, -0.05) is 12.2 Å². The van der Waals surface area contributed by atoms with Crippen LogP contribution in [-0.4, -0.2) is 33.0 Å². The van der Waals surface area contributed by atoms with Gasteiger partial charge < -0.3 is 19.5 Å². The molecule has 5 heteroatoms. The first-order valence-electron chi connectivity index (χ1n) is 6.50. The van der Waals surface area contributed by atoms with E-state index in [2.05, 4.69) is 5.32 Å². The van der Waals surface area contributed by atoms with Crippen LogP contribution in [0.1, 0.15) is 24.2 Å². The SMILES string of the molecule is CC=CCNc1ccc(C(=O)OCC)c(OCOC)c1. The van der Waals surface area contributed by atoms with Gasteiger partial charge in [-0.25, -0.2) is 4.79 Å². The minimum Gasteiger partial charge on any atom is -0.467 e. The van der Waals surface area contributed by atoms with Gasteiger partial charge in [0.15, 0.2) is 6.79 Å². The zero-order valence-corrected chi connectivity index (χ0v) is 12.1. The number of methoxy groups -OCH3 is 1. The number of benzene rings is 1. The molecule has 0 aliphatic rings. The van der Waals surface area contributed by atoms with E-state index in [1.807, 2.05) is 25.1 Å². The molecule has 0 amide bonds. The Morgan fingerprint density at radius 1 is 1.40 bits per heavy atom. The van der Waals surface area contributed by atoms with Crippen LogP contribution in [0.3, 0.4) is 0 Å². The Morgan fingerprint density at radius 2 is 2.20 bits per heavy atom. The smallest absolute Gasteiger partial charge is 0.341 e. The summed E-state index contributed by atoms with van der Waals surface area (Å²) in [5.74, 6) is 0.0365. The predicted octanol–water partition coefficient (Wildman–Crippen LogP) is 2.83. The van der Waals surface area contributed by atoms with Gasteiger partial charge in [0.25, 0.3) is 0 Å². The normalized spacial score (nSPS) is 10.6. The van der Waals surface area contributed by atoms with E-state index in [0.717, 1.165) is 5.69 Å². The van der Waals surface area contributed by atoms with E-state index in [1.54, 1.807) is 19.1 Å². The second kappa shape index (κ2) is 8.98. The van der Waals surface area contributed by atoms with E-state index in [-0.39, 0.29) is 6.79 Å². The number of carbonyl (C=O) groups is 1. The number of ether oxygens (including phenoxy) is 3. The first-order chi connectivity index (χ1) is 9.72. The lowest BCUT2D eigenvalue weighted by molar-refractivity contribution is 0.0438. The molecule has 1 rings (SSSR count). The minimum atomic E-state index is -0.404. The van der Waals surface area contributed by atoms with Gasteiger partial charge in [0, 0.05) is 25.4 Å². The van der Waals surface area contributed by atoms with Crippen LogP contribution >= 0.6 is 0 Å². The summed E-state index contributed by atoms with van der Waals surface area (Å²) < 4.78 is 15.3. The Kier molecular flexibility index (Phi) is 7.21. The van der Waals surface area contributed by atoms with Crippen molar-refractivity contribution >= 4 is 11.7 Å². The number of carbonyl (C=O) groups excluding carboxylic acids is 1. The molecule has 0 aliphatic carbocycles. The summed E-state index contributed by atoms with van der Waals surface area (Å²) in [6, 6.07) is 5.26. The molecule has 0 aliphatic heterocycles. The number of hydrogen-bond donors (Lipinski definition) is 1. The van der Waals surface area contributed by atoms with Gasteiger partial charge in [-0.15, -0.1) is 0 Å². The van der Waals surface area contributed by atoms with Crippen LogP contribution in [0.5, 0.6) is 5.75 Å². The molecule has 0 radical (unpaired) electrons. The van der Waals surface area contributed by atoms with Gasteiger partial charge >= 0.3 is 5.97 Å². The van der Waals surface area contributed by atoms with Gasteiger partial charge in [0.1, 0.15) is 11.3 Å². The van der Waals surface area contributed by atoms with Crippen LogP contribution in [0.4, 0.5) is 5.69 Å². The molecule has 1 aromatic rings. The van der Waals surface area contributed by atoms with E-state index >= 15 is 0 Å². The van der Waals surface area contributed by atoms with E-state index in [9.17, 15) is 4.79 Å². The summed E-state index contributed by atoms with van der Waals surface area (Å²) in [5.41, 5.74) is 1.25. The van der Waals surface area contributed by atoms with Crippen LogP contribution < -0.4 is 10.1 Å². The zero-order chi connectivity index (χ0) is 14.8. The fraction of sp³-hybridized carbons (Fsp3) is 0.400. The molecular formula is C15H21NO4. The van der Waals surface area contributed by atoms with E-state index in [4.69, 9.17) is 14.2 Å². The van der Waals surface area contributed by atoms with Gasteiger partial charge in [0.05, 0.1) is 6.61 Å². The highest BCUT2D eigenvalue weighted by Crippen LogP contribution is 2.24. The van der Waals surface area contributed by atoms with Crippen molar-refractivity contribution in [2.75, 3.05) is 32.4 Å². The second-order valence-corrected chi connectivity index (χ2v) is 3.93. The molecule has 0 saturated heterocycles. The minimum absolute atomic E-state index is 0.0741. The first-order valence-corrected chi connectivity index (χ1v) is 6.50. The molecule has 0 saturated carbocycles. The number of anilines is 1. The standard InChI is InChI=1S/C15H21NO4/c1-4-6-9-16-12-7-8-13(15(17)19-5-2)14(10-12)20-11-18-3/h4,6-8,10,16H,5,9,11H2,1-3H3. The quantitative estimate of drug-likeness (QED) is 0.450. The molecule has 0 fully saturated rings. The summed E-state index contributed by atoms with van der Waals surface area (Å²) in [4.78, 5) is 11.8. The maximum atomic E-state index is 11.8. The number of nitrogens with one attached hydrogen (secondary N) is 1. The fourth-order valence-corrected chi connectivity index (χ4v) is 1.55. The third-order valence-electron chi connectivity index (χ3n) is 2.47. The summed E-state index contributed by atoms with van der Waals surface area (Å²) in [7, 11) is 1.53. The maximum Gasteiger partial charge on any atom is 0.341 e. The molecule has 0 unspecified atom stereocenters. The van der Waals surface area contributed by atoms with Gasteiger partial charge in [-0.2, -0.15) is 0 Å². The molecule has 1 N–H and O–H groups in total. The van der Waals surface area contributed by atoms with Crippen molar-refractivity contribution in [2.45, 2.75) is 13.8 Å². The summed E-state index contributed by atoms with van der Waals surface area (Å²) >= 11 is 0. The van der Waals surface area contributed by atoms with Crippen LogP contribution in [0.2, 0.25) is 0 Å². The number of allylic oxidation sites excluding steroid dienone is 1. The Morgan fingerprint density at radius 3 is 2.85 bits per heavy atom. The third kappa shape index (κ3) is 4.93. The highest BCUT2D eigenvalue weighted by atomic mass is 16.7. The Hall–Kier alpha value is -2.01. The molecule has 0 spiro atoms.